The number of carbonyl (C=O) groups is 1. The summed E-state index contributed by atoms with van der Waals surface area (Å²) in [6.07, 6.45) is 1.37. The minimum atomic E-state index is -0.149. The van der Waals surface area contributed by atoms with Crippen LogP contribution in [0.1, 0.15) is 23.0 Å². The molecular formula is C21H21ClN4O2. The Balaban J connectivity index is 1.76. The quantitative estimate of drug-likeness (QED) is 0.634. The van der Waals surface area contributed by atoms with E-state index in [1.54, 1.807) is 30.2 Å². The third kappa shape index (κ3) is 4.78. The lowest BCUT2D eigenvalue weighted by molar-refractivity contribution is 0.0746. The summed E-state index contributed by atoms with van der Waals surface area (Å²) in [4.78, 5) is 23.0. The van der Waals surface area contributed by atoms with Crippen molar-refractivity contribution < 1.29 is 9.53 Å². The number of halogens is 1. The van der Waals surface area contributed by atoms with Gasteiger partial charge in [0.05, 0.1) is 12.1 Å². The minimum absolute atomic E-state index is 0.149. The van der Waals surface area contributed by atoms with Gasteiger partial charge in [0.2, 0.25) is 0 Å². The molecule has 1 N–H and O–H groups in total. The fraction of sp³-hybridized carbons (Fsp3) is 0.190. The normalized spacial score (nSPS) is 10.4. The van der Waals surface area contributed by atoms with Gasteiger partial charge in [-0.25, -0.2) is 9.97 Å². The maximum atomic E-state index is 12.9. The molecule has 0 spiro atoms. The van der Waals surface area contributed by atoms with Crippen LogP contribution in [0.4, 0.5) is 11.5 Å². The van der Waals surface area contributed by atoms with Gasteiger partial charge in [0.15, 0.2) is 0 Å². The summed E-state index contributed by atoms with van der Waals surface area (Å²) in [5.74, 6) is 0.949. The number of hydrogen-bond donors (Lipinski definition) is 1. The molecule has 7 heteroatoms. The Kier molecular flexibility index (Phi) is 6.45. The molecule has 0 aliphatic rings. The molecule has 0 saturated carbocycles. The largest absolute Gasteiger partial charge is 0.495 e. The van der Waals surface area contributed by atoms with Crippen LogP contribution in [0.2, 0.25) is 5.02 Å². The average Bonchev–Trinajstić information content (AvgIpc) is 2.72. The SMILES string of the molecule is CCN(Cc1ccccc1)C(=O)c1cc(Nc2ccc(OC)c(Cl)c2)ncn1. The van der Waals surface area contributed by atoms with Crippen molar-refractivity contribution in [3.8, 4) is 5.75 Å². The van der Waals surface area contributed by atoms with E-state index in [4.69, 9.17) is 16.3 Å². The number of aromatic nitrogens is 2. The van der Waals surface area contributed by atoms with Crippen LogP contribution in [-0.4, -0.2) is 34.4 Å². The molecule has 0 atom stereocenters. The standard InChI is InChI=1S/C21H21ClN4O2/c1-3-26(13-15-7-5-4-6-8-15)21(27)18-12-20(24-14-23-18)25-16-9-10-19(28-2)17(22)11-16/h4-12,14H,3,13H2,1-2H3,(H,23,24,25). The van der Waals surface area contributed by atoms with Crippen LogP contribution in [0.25, 0.3) is 0 Å². The third-order valence-electron chi connectivity index (χ3n) is 4.20. The highest BCUT2D eigenvalue weighted by molar-refractivity contribution is 6.32. The molecular weight excluding hydrogens is 376 g/mol. The molecule has 0 bridgehead atoms. The topological polar surface area (TPSA) is 67.4 Å². The first-order chi connectivity index (χ1) is 13.6. The number of benzene rings is 2. The summed E-state index contributed by atoms with van der Waals surface area (Å²) in [5, 5.41) is 3.62. The second kappa shape index (κ2) is 9.19. The highest BCUT2D eigenvalue weighted by Crippen LogP contribution is 2.28. The number of anilines is 2. The number of ether oxygens (including phenoxy) is 1. The first kappa shape index (κ1) is 19.6. The van der Waals surface area contributed by atoms with Gasteiger partial charge in [0, 0.05) is 24.8 Å². The van der Waals surface area contributed by atoms with Crippen LogP contribution in [-0.2, 0) is 6.54 Å². The van der Waals surface area contributed by atoms with Gasteiger partial charge < -0.3 is 15.0 Å². The number of methoxy groups -OCH3 is 1. The number of hydrogen-bond acceptors (Lipinski definition) is 5. The Hall–Kier alpha value is -3.12. The van der Waals surface area contributed by atoms with Crippen LogP contribution < -0.4 is 10.1 Å². The zero-order valence-electron chi connectivity index (χ0n) is 15.7. The van der Waals surface area contributed by atoms with Gasteiger partial charge in [-0.3, -0.25) is 4.79 Å². The van der Waals surface area contributed by atoms with Crippen LogP contribution in [0, 0.1) is 0 Å². The lowest BCUT2D eigenvalue weighted by Crippen LogP contribution is -2.31. The summed E-state index contributed by atoms with van der Waals surface area (Å²) >= 11 is 6.16. The molecule has 6 nitrogen and oxygen atoms in total. The molecule has 0 saturated heterocycles. The molecule has 3 rings (SSSR count). The van der Waals surface area contributed by atoms with Crippen molar-refractivity contribution in [2.45, 2.75) is 13.5 Å². The summed E-state index contributed by atoms with van der Waals surface area (Å²) < 4.78 is 5.15. The average molecular weight is 397 g/mol. The van der Waals surface area contributed by atoms with E-state index in [2.05, 4.69) is 15.3 Å². The van der Waals surface area contributed by atoms with Gasteiger partial charge in [-0.05, 0) is 30.7 Å². The summed E-state index contributed by atoms with van der Waals surface area (Å²) in [6, 6.07) is 16.8. The second-order valence-corrected chi connectivity index (χ2v) is 6.47. The van der Waals surface area contributed by atoms with E-state index in [0.29, 0.717) is 35.4 Å². The Morgan fingerprint density at radius 1 is 1.14 bits per heavy atom. The predicted octanol–water partition coefficient (Wildman–Crippen LogP) is 4.54. The second-order valence-electron chi connectivity index (χ2n) is 6.07. The number of nitrogens with one attached hydrogen (secondary N) is 1. The van der Waals surface area contributed by atoms with E-state index in [-0.39, 0.29) is 5.91 Å². The molecule has 3 aromatic rings. The highest BCUT2D eigenvalue weighted by atomic mass is 35.5. The van der Waals surface area contributed by atoms with Crippen molar-refractivity contribution in [2.75, 3.05) is 19.0 Å². The first-order valence-corrected chi connectivity index (χ1v) is 9.24. The fourth-order valence-electron chi connectivity index (χ4n) is 2.73. The zero-order chi connectivity index (χ0) is 19.9. The van der Waals surface area contributed by atoms with Crippen molar-refractivity contribution in [1.29, 1.82) is 0 Å². The van der Waals surface area contributed by atoms with E-state index >= 15 is 0 Å². The first-order valence-electron chi connectivity index (χ1n) is 8.86. The van der Waals surface area contributed by atoms with Gasteiger partial charge in [-0.15, -0.1) is 0 Å². The number of amides is 1. The smallest absolute Gasteiger partial charge is 0.272 e. The lowest BCUT2D eigenvalue weighted by atomic mass is 10.2. The van der Waals surface area contributed by atoms with E-state index in [1.165, 1.54) is 6.33 Å². The minimum Gasteiger partial charge on any atom is -0.495 e. The maximum absolute atomic E-state index is 12.9. The van der Waals surface area contributed by atoms with E-state index in [9.17, 15) is 4.79 Å². The van der Waals surface area contributed by atoms with Crippen molar-refractivity contribution in [3.05, 3.63) is 77.2 Å². The Bertz CT molecular complexity index is 950. The Labute approximate surface area is 169 Å². The molecule has 0 aliphatic carbocycles. The molecule has 1 amide bonds. The maximum Gasteiger partial charge on any atom is 0.272 e. The number of rotatable bonds is 7. The highest BCUT2D eigenvalue weighted by Gasteiger charge is 2.17. The van der Waals surface area contributed by atoms with Crippen LogP contribution in [0.3, 0.4) is 0 Å². The molecule has 0 aliphatic heterocycles. The predicted molar refractivity (Wildman–Crippen MR) is 110 cm³/mol. The molecule has 28 heavy (non-hydrogen) atoms. The third-order valence-corrected chi connectivity index (χ3v) is 4.49. The molecule has 0 unspecified atom stereocenters. The molecule has 144 valence electrons. The van der Waals surface area contributed by atoms with Crippen molar-refractivity contribution in [2.24, 2.45) is 0 Å². The molecule has 1 heterocycles. The molecule has 0 fully saturated rings. The van der Waals surface area contributed by atoms with Crippen molar-refractivity contribution in [1.82, 2.24) is 14.9 Å². The van der Waals surface area contributed by atoms with Gasteiger partial charge >= 0.3 is 0 Å². The van der Waals surface area contributed by atoms with E-state index < -0.39 is 0 Å². The molecule has 1 aromatic heterocycles. The summed E-state index contributed by atoms with van der Waals surface area (Å²) in [7, 11) is 1.56. The molecule has 0 radical (unpaired) electrons. The summed E-state index contributed by atoms with van der Waals surface area (Å²) in [6.45, 7) is 3.05. The number of carbonyl (C=O) groups excluding carboxylic acids is 1. The van der Waals surface area contributed by atoms with Crippen molar-refractivity contribution in [3.63, 3.8) is 0 Å². The van der Waals surface area contributed by atoms with E-state index in [1.807, 2.05) is 43.3 Å². The van der Waals surface area contributed by atoms with Gasteiger partial charge in [-0.1, -0.05) is 41.9 Å². The lowest BCUT2D eigenvalue weighted by Gasteiger charge is -2.20. The summed E-state index contributed by atoms with van der Waals surface area (Å²) in [5.41, 5.74) is 2.13. The van der Waals surface area contributed by atoms with Crippen LogP contribution in [0.5, 0.6) is 5.75 Å². The fourth-order valence-corrected chi connectivity index (χ4v) is 2.99. The van der Waals surface area contributed by atoms with Crippen LogP contribution in [0.15, 0.2) is 60.9 Å². The van der Waals surface area contributed by atoms with Crippen molar-refractivity contribution >= 4 is 29.0 Å². The Morgan fingerprint density at radius 2 is 1.93 bits per heavy atom. The Morgan fingerprint density at radius 3 is 2.61 bits per heavy atom. The number of nitrogens with zero attached hydrogens (tertiary/aromatic N) is 3. The van der Waals surface area contributed by atoms with E-state index in [0.717, 1.165) is 11.3 Å². The van der Waals surface area contributed by atoms with Gasteiger partial charge in [0.25, 0.3) is 5.91 Å². The van der Waals surface area contributed by atoms with Crippen LogP contribution >= 0.6 is 11.6 Å². The monoisotopic (exact) mass is 396 g/mol. The van der Waals surface area contributed by atoms with Gasteiger partial charge in [0.1, 0.15) is 23.6 Å². The zero-order valence-corrected chi connectivity index (χ0v) is 16.5. The molecule has 2 aromatic carbocycles. The van der Waals surface area contributed by atoms with Gasteiger partial charge in [-0.2, -0.15) is 0 Å².